The van der Waals surface area contributed by atoms with Gasteiger partial charge < -0.3 is 5.73 Å². The van der Waals surface area contributed by atoms with Gasteiger partial charge in [0.2, 0.25) is 0 Å². The maximum Gasteiger partial charge on any atom is 0.104 e. The Bertz CT molecular complexity index is 590. The Morgan fingerprint density at radius 1 is 1.30 bits per heavy atom. The third-order valence-corrected chi connectivity index (χ3v) is 4.75. The van der Waals surface area contributed by atoms with Gasteiger partial charge in [0.15, 0.2) is 0 Å². The maximum atomic E-state index is 6.21. The first-order valence-electron chi connectivity index (χ1n) is 6.42. The van der Waals surface area contributed by atoms with Gasteiger partial charge in [-0.1, -0.05) is 48.0 Å². The zero-order valence-corrected chi connectivity index (χ0v) is 13.5. The molecule has 0 saturated heterocycles. The normalized spacial score (nSPS) is 12.4. The van der Waals surface area contributed by atoms with Gasteiger partial charge in [0, 0.05) is 22.2 Å². The molecule has 1 aromatic heterocycles. The molecule has 106 valence electrons. The van der Waals surface area contributed by atoms with E-state index >= 15 is 0 Å². The van der Waals surface area contributed by atoms with Crippen LogP contribution >= 0.6 is 35.0 Å². The predicted octanol–water partition coefficient (Wildman–Crippen LogP) is 4.82. The van der Waals surface area contributed by atoms with Crippen molar-refractivity contribution in [1.82, 2.24) is 4.98 Å². The number of aromatic nitrogens is 1. The van der Waals surface area contributed by atoms with Crippen molar-refractivity contribution in [3.63, 3.8) is 0 Å². The van der Waals surface area contributed by atoms with E-state index in [9.17, 15) is 0 Å². The first-order chi connectivity index (χ1) is 9.60. The van der Waals surface area contributed by atoms with Crippen LogP contribution in [0, 0.1) is 0 Å². The average molecular weight is 327 g/mol. The summed E-state index contributed by atoms with van der Waals surface area (Å²) in [6, 6.07) is 9.63. The van der Waals surface area contributed by atoms with E-state index in [1.165, 1.54) is 0 Å². The summed E-state index contributed by atoms with van der Waals surface area (Å²) < 4.78 is 0. The van der Waals surface area contributed by atoms with Crippen molar-refractivity contribution in [2.45, 2.75) is 35.7 Å². The van der Waals surface area contributed by atoms with Crippen molar-refractivity contribution in [2.75, 3.05) is 0 Å². The summed E-state index contributed by atoms with van der Waals surface area (Å²) in [6.07, 6.45) is 3.55. The Hall–Kier alpha value is -0.740. The highest BCUT2D eigenvalue weighted by Gasteiger charge is 2.11. The first kappa shape index (κ1) is 15.6. The predicted molar refractivity (Wildman–Crippen MR) is 86.8 cm³/mol. The summed E-state index contributed by atoms with van der Waals surface area (Å²) in [5.41, 5.74) is 7.19. The summed E-state index contributed by atoms with van der Waals surface area (Å²) in [5, 5.41) is 2.22. The molecule has 0 saturated carbocycles. The van der Waals surface area contributed by atoms with Crippen LogP contribution < -0.4 is 5.73 Å². The molecule has 1 heterocycles. The molecule has 2 N–H and O–H groups in total. The van der Waals surface area contributed by atoms with Crippen LogP contribution in [0.5, 0.6) is 0 Å². The van der Waals surface area contributed by atoms with E-state index in [0.29, 0.717) is 10.0 Å². The van der Waals surface area contributed by atoms with Gasteiger partial charge in [-0.2, -0.15) is 0 Å². The quantitative estimate of drug-likeness (QED) is 0.856. The molecule has 0 aliphatic rings. The molecule has 1 unspecified atom stereocenters. The van der Waals surface area contributed by atoms with Crippen LogP contribution in [0.1, 0.15) is 18.9 Å². The number of nitrogens with zero attached hydrogens (tertiary/aromatic N) is 1. The van der Waals surface area contributed by atoms with Gasteiger partial charge in [-0.05, 0) is 42.7 Å². The van der Waals surface area contributed by atoms with Crippen LogP contribution in [0.4, 0.5) is 0 Å². The monoisotopic (exact) mass is 326 g/mol. The number of benzene rings is 1. The Balaban J connectivity index is 2.24. The van der Waals surface area contributed by atoms with Crippen LogP contribution in [-0.2, 0) is 6.42 Å². The van der Waals surface area contributed by atoms with Crippen LogP contribution in [-0.4, -0.2) is 11.0 Å². The van der Waals surface area contributed by atoms with Crippen LogP contribution in [0.3, 0.4) is 0 Å². The van der Waals surface area contributed by atoms with Gasteiger partial charge >= 0.3 is 0 Å². The molecule has 2 aromatic rings. The lowest BCUT2D eigenvalue weighted by Gasteiger charge is -2.12. The molecule has 0 amide bonds. The van der Waals surface area contributed by atoms with E-state index in [0.717, 1.165) is 28.3 Å². The molecule has 2 rings (SSSR count). The molecule has 0 aliphatic heterocycles. The van der Waals surface area contributed by atoms with Gasteiger partial charge in [0.25, 0.3) is 0 Å². The topological polar surface area (TPSA) is 38.9 Å². The van der Waals surface area contributed by atoms with Crippen molar-refractivity contribution < 1.29 is 0 Å². The Morgan fingerprint density at radius 3 is 2.80 bits per heavy atom. The number of rotatable bonds is 5. The van der Waals surface area contributed by atoms with Gasteiger partial charge in [-0.25, -0.2) is 4.98 Å². The Morgan fingerprint density at radius 2 is 2.10 bits per heavy atom. The minimum absolute atomic E-state index is 0.152. The number of halogens is 2. The number of pyridine rings is 1. The highest BCUT2D eigenvalue weighted by molar-refractivity contribution is 7.99. The van der Waals surface area contributed by atoms with E-state index in [1.54, 1.807) is 24.0 Å². The van der Waals surface area contributed by atoms with E-state index in [1.807, 2.05) is 18.2 Å². The molecule has 0 radical (unpaired) electrons. The summed E-state index contributed by atoms with van der Waals surface area (Å²) in [6.45, 7) is 2.09. The van der Waals surface area contributed by atoms with Gasteiger partial charge in [0.1, 0.15) is 5.03 Å². The molecule has 5 heteroatoms. The minimum Gasteiger partial charge on any atom is -0.327 e. The molecule has 1 aromatic carbocycles. The van der Waals surface area contributed by atoms with Crippen molar-refractivity contribution in [3.05, 3.63) is 52.1 Å². The second-order valence-electron chi connectivity index (χ2n) is 4.52. The molecular formula is C15H16Cl2N2S. The lowest BCUT2D eigenvalue weighted by atomic mass is 10.1. The van der Waals surface area contributed by atoms with Crippen molar-refractivity contribution in [2.24, 2.45) is 5.73 Å². The van der Waals surface area contributed by atoms with Gasteiger partial charge in [0.05, 0.1) is 5.02 Å². The second kappa shape index (κ2) is 7.32. The molecule has 0 spiro atoms. The van der Waals surface area contributed by atoms with E-state index in [4.69, 9.17) is 28.9 Å². The van der Waals surface area contributed by atoms with Gasteiger partial charge in [-0.15, -0.1) is 0 Å². The zero-order valence-electron chi connectivity index (χ0n) is 11.1. The molecule has 20 heavy (non-hydrogen) atoms. The van der Waals surface area contributed by atoms with Crippen LogP contribution in [0.2, 0.25) is 10.0 Å². The fourth-order valence-corrected chi connectivity index (χ4v) is 3.18. The molecule has 0 aliphatic carbocycles. The molecule has 1 atom stereocenters. The fourth-order valence-electron chi connectivity index (χ4n) is 1.76. The van der Waals surface area contributed by atoms with Crippen molar-refractivity contribution in [3.8, 4) is 0 Å². The maximum absolute atomic E-state index is 6.21. The summed E-state index contributed by atoms with van der Waals surface area (Å²) in [4.78, 5) is 5.39. The Kier molecular flexibility index (Phi) is 5.73. The lowest BCUT2D eigenvalue weighted by Crippen LogP contribution is -2.21. The number of nitrogens with two attached hydrogens (primary N) is 1. The highest BCUT2D eigenvalue weighted by Crippen LogP contribution is 2.35. The van der Waals surface area contributed by atoms with Crippen molar-refractivity contribution in [1.29, 1.82) is 0 Å². The van der Waals surface area contributed by atoms with Crippen LogP contribution in [0.15, 0.2) is 46.5 Å². The summed E-state index contributed by atoms with van der Waals surface area (Å²) in [5.74, 6) is 0. The molecular weight excluding hydrogens is 311 g/mol. The SMILES string of the molecule is CCC(N)Cc1cccnc1Sc1ccc(Cl)cc1Cl. The van der Waals surface area contributed by atoms with E-state index in [-0.39, 0.29) is 6.04 Å². The average Bonchev–Trinajstić information content (AvgIpc) is 2.43. The van der Waals surface area contributed by atoms with E-state index in [2.05, 4.69) is 18.0 Å². The molecule has 0 bridgehead atoms. The molecule has 0 fully saturated rings. The second-order valence-corrected chi connectivity index (χ2v) is 6.39. The lowest BCUT2D eigenvalue weighted by molar-refractivity contribution is 0.637. The van der Waals surface area contributed by atoms with Gasteiger partial charge in [-0.3, -0.25) is 0 Å². The Labute approximate surface area is 133 Å². The minimum atomic E-state index is 0.152. The highest BCUT2D eigenvalue weighted by atomic mass is 35.5. The standard InChI is InChI=1S/C15H16Cl2N2S/c1-2-12(18)8-10-4-3-7-19-15(10)20-14-6-5-11(16)9-13(14)17/h3-7,9,12H,2,8,18H2,1H3. The zero-order chi connectivity index (χ0) is 14.5. The fraction of sp³-hybridized carbons (Fsp3) is 0.267. The summed E-state index contributed by atoms with van der Waals surface area (Å²) >= 11 is 13.7. The molecule has 2 nitrogen and oxygen atoms in total. The number of hydrogen-bond donors (Lipinski definition) is 1. The third-order valence-electron chi connectivity index (χ3n) is 2.96. The third kappa shape index (κ3) is 4.13. The first-order valence-corrected chi connectivity index (χ1v) is 7.99. The van der Waals surface area contributed by atoms with E-state index < -0.39 is 0 Å². The van der Waals surface area contributed by atoms with Crippen molar-refractivity contribution >= 4 is 35.0 Å². The largest absolute Gasteiger partial charge is 0.327 e. The smallest absolute Gasteiger partial charge is 0.104 e. The van der Waals surface area contributed by atoms with Crippen LogP contribution in [0.25, 0.3) is 0 Å². The summed E-state index contributed by atoms with van der Waals surface area (Å²) in [7, 11) is 0. The number of hydrogen-bond acceptors (Lipinski definition) is 3.